The van der Waals surface area contributed by atoms with E-state index in [9.17, 15) is 0 Å². The lowest BCUT2D eigenvalue weighted by atomic mass is 9.97. The van der Waals surface area contributed by atoms with Gasteiger partial charge >= 0.3 is 0 Å². The van der Waals surface area contributed by atoms with E-state index in [-0.39, 0.29) is 0 Å². The Hall–Kier alpha value is -0.800. The number of benzene rings is 2. The maximum Gasteiger partial charge on any atom is 0.120 e. The van der Waals surface area contributed by atoms with Crippen molar-refractivity contribution in [2.24, 2.45) is 0 Å². The molecule has 0 radical (unpaired) electrons. The molecule has 0 amide bonds. The third-order valence-corrected chi connectivity index (χ3v) is 4.51. The van der Waals surface area contributed by atoms with Crippen LogP contribution in [0.25, 0.3) is 0 Å². The van der Waals surface area contributed by atoms with Crippen LogP contribution in [-0.2, 0) is 0 Å². The summed E-state index contributed by atoms with van der Waals surface area (Å²) in [5.41, 5.74) is 2.68. The van der Waals surface area contributed by atoms with Crippen LogP contribution in [0.4, 0.5) is 0 Å². The quantitative estimate of drug-likeness (QED) is 0.567. The van der Waals surface area contributed by atoms with Crippen LogP contribution in [-0.4, -0.2) is 11.9 Å². The summed E-state index contributed by atoms with van der Waals surface area (Å²) in [6, 6.07) is 16.7. The Morgan fingerprint density at radius 1 is 1.10 bits per heavy atom. The lowest BCUT2D eigenvalue weighted by Crippen LogP contribution is -2.07. The molecule has 1 unspecified atom stereocenters. The van der Waals surface area contributed by atoms with Crippen LogP contribution < -0.4 is 4.74 Å². The van der Waals surface area contributed by atoms with Crippen molar-refractivity contribution >= 4 is 31.9 Å². The molecule has 0 N–H and O–H groups in total. The molecule has 2 aromatic rings. The average Bonchev–Trinajstić information content (AvgIpc) is 2.44. The molecule has 0 aromatic heterocycles. The molecule has 0 fully saturated rings. The van der Waals surface area contributed by atoms with Crippen LogP contribution in [0.5, 0.6) is 5.75 Å². The zero-order valence-corrected chi connectivity index (χ0v) is 14.7. The van der Waals surface area contributed by atoms with Gasteiger partial charge in [0.2, 0.25) is 0 Å². The van der Waals surface area contributed by atoms with Crippen molar-refractivity contribution in [3.8, 4) is 5.75 Å². The first-order valence-electron chi connectivity index (χ1n) is 6.70. The minimum atomic E-state index is 0.488. The summed E-state index contributed by atoms with van der Waals surface area (Å²) in [7, 11) is 0. The summed E-state index contributed by atoms with van der Waals surface area (Å²) in [5, 5.41) is 0.957. The van der Waals surface area contributed by atoms with Gasteiger partial charge in [0, 0.05) is 9.80 Å². The number of hydrogen-bond donors (Lipinski definition) is 0. The maximum absolute atomic E-state index is 5.82. The fraction of sp³-hybridized carbons (Fsp3) is 0.294. The summed E-state index contributed by atoms with van der Waals surface area (Å²) in [5.74, 6) is 1.40. The van der Waals surface area contributed by atoms with Gasteiger partial charge in [-0.3, -0.25) is 0 Å². The number of rotatable bonds is 6. The van der Waals surface area contributed by atoms with Crippen molar-refractivity contribution in [3.05, 3.63) is 64.1 Å². The van der Waals surface area contributed by atoms with E-state index in [4.69, 9.17) is 4.74 Å². The highest BCUT2D eigenvalue weighted by atomic mass is 79.9. The maximum atomic E-state index is 5.82. The van der Waals surface area contributed by atoms with E-state index in [2.05, 4.69) is 63.0 Å². The van der Waals surface area contributed by atoms with Gasteiger partial charge in [0.05, 0.1) is 6.61 Å². The SMILES string of the molecule is Cc1cccc(C(CBr)CCOc2cccc(Br)c2)c1. The molecule has 0 aliphatic carbocycles. The molecule has 2 rings (SSSR count). The van der Waals surface area contributed by atoms with Crippen LogP contribution in [0.2, 0.25) is 0 Å². The third kappa shape index (κ3) is 4.64. The molecule has 1 atom stereocenters. The van der Waals surface area contributed by atoms with Gasteiger partial charge in [0.15, 0.2) is 0 Å². The molecule has 106 valence electrons. The Kier molecular flexibility index (Phi) is 6.11. The summed E-state index contributed by atoms with van der Waals surface area (Å²) >= 11 is 7.07. The summed E-state index contributed by atoms with van der Waals surface area (Å²) in [6.07, 6.45) is 1.00. The van der Waals surface area contributed by atoms with Crippen molar-refractivity contribution < 1.29 is 4.74 Å². The molecule has 20 heavy (non-hydrogen) atoms. The molecule has 0 aliphatic rings. The van der Waals surface area contributed by atoms with E-state index in [1.165, 1.54) is 11.1 Å². The summed E-state index contributed by atoms with van der Waals surface area (Å²) in [4.78, 5) is 0. The van der Waals surface area contributed by atoms with Gasteiger partial charge in [-0.05, 0) is 43.0 Å². The lowest BCUT2D eigenvalue weighted by molar-refractivity contribution is 0.301. The van der Waals surface area contributed by atoms with E-state index in [1.807, 2.05) is 24.3 Å². The van der Waals surface area contributed by atoms with Gasteiger partial charge in [-0.15, -0.1) is 0 Å². The highest BCUT2D eigenvalue weighted by Crippen LogP contribution is 2.24. The van der Waals surface area contributed by atoms with Crippen LogP contribution in [0.15, 0.2) is 53.0 Å². The predicted molar refractivity (Wildman–Crippen MR) is 92.0 cm³/mol. The normalized spacial score (nSPS) is 12.2. The Labute approximate surface area is 137 Å². The number of alkyl halides is 1. The molecule has 1 nitrogen and oxygen atoms in total. The predicted octanol–water partition coefficient (Wildman–Crippen LogP) is 5.71. The topological polar surface area (TPSA) is 9.23 Å². The van der Waals surface area contributed by atoms with E-state index < -0.39 is 0 Å². The van der Waals surface area contributed by atoms with Gasteiger partial charge in [-0.1, -0.05) is 67.8 Å². The van der Waals surface area contributed by atoms with Gasteiger partial charge in [-0.25, -0.2) is 0 Å². The second-order valence-corrected chi connectivity index (χ2v) is 6.42. The second kappa shape index (κ2) is 7.84. The molecular weight excluding hydrogens is 380 g/mol. The molecule has 0 aliphatic heterocycles. The zero-order chi connectivity index (χ0) is 14.4. The highest BCUT2D eigenvalue weighted by molar-refractivity contribution is 9.10. The molecule has 0 bridgehead atoms. The van der Waals surface area contributed by atoms with Crippen LogP contribution >= 0.6 is 31.9 Å². The van der Waals surface area contributed by atoms with Gasteiger partial charge in [0.25, 0.3) is 0 Å². The van der Waals surface area contributed by atoms with Crippen molar-refractivity contribution in [1.29, 1.82) is 0 Å². The third-order valence-electron chi connectivity index (χ3n) is 3.23. The number of halogens is 2. The van der Waals surface area contributed by atoms with Gasteiger partial charge in [-0.2, -0.15) is 0 Å². The minimum absolute atomic E-state index is 0.488. The largest absolute Gasteiger partial charge is 0.494 e. The molecule has 2 aromatic carbocycles. The smallest absolute Gasteiger partial charge is 0.120 e. The number of hydrogen-bond acceptors (Lipinski definition) is 1. The Balaban J connectivity index is 1.91. The Morgan fingerprint density at radius 3 is 2.60 bits per heavy atom. The molecule has 0 saturated carbocycles. The highest BCUT2D eigenvalue weighted by Gasteiger charge is 2.10. The van der Waals surface area contributed by atoms with Crippen LogP contribution in [0.3, 0.4) is 0 Å². The van der Waals surface area contributed by atoms with Gasteiger partial charge < -0.3 is 4.74 Å². The summed E-state index contributed by atoms with van der Waals surface area (Å²) in [6.45, 7) is 2.85. The van der Waals surface area contributed by atoms with Gasteiger partial charge in [0.1, 0.15) is 5.75 Å². The Morgan fingerprint density at radius 2 is 1.90 bits per heavy atom. The van der Waals surface area contributed by atoms with E-state index in [0.29, 0.717) is 5.92 Å². The molecular formula is C17H18Br2O. The molecule has 3 heteroatoms. The van der Waals surface area contributed by atoms with E-state index in [1.54, 1.807) is 0 Å². The van der Waals surface area contributed by atoms with Crippen LogP contribution in [0, 0.1) is 6.92 Å². The zero-order valence-electron chi connectivity index (χ0n) is 11.5. The standard InChI is InChI=1S/C17H18Br2O/c1-13-4-2-5-14(10-13)15(12-18)8-9-20-17-7-3-6-16(19)11-17/h2-7,10-11,15H,8-9,12H2,1H3. The first kappa shape index (κ1) is 15.6. The fourth-order valence-corrected chi connectivity index (χ4v) is 3.21. The second-order valence-electron chi connectivity index (χ2n) is 4.86. The van der Waals surface area contributed by atoms with E-state index in [0.717, 1.165) is 28.6 Å². The first-order valence-corrected chi connectivity index (χ1v) is 8.61. The van der Waals surface area contributed by atoms with Crippen molar-refractivity contribution in [2.75, 3.05) is 11.9 Å². The minimum Gasteiger partial charge on any atom is -0.494 e. The lowest BCUT2D eigenvalue weighted by Gasteiger charge is -2.15. The van der Waals surface area contributed by atoms with Crippen molar-refractivity contribution in [3.63, 3.8) is 0 Å². The first-order chi connectivity index (χ1) is 9.69. The number of ether oxygens (including phenoxy) is 1. The average molecular weight is 398 g/mol. The molecule has 0 heterocycles. The Bertz CT molecular complexity index is 554. The molecule has 0 saturated heterocycles. The van der Waals surface area contributed by atoms with Crippen molar-refractivity contribution in [1.82, 2.24) is 0 Å². The van der Waals surface area contributed by atoms with Crippen LogP contribution in [0.1, 0.15) is 23.5 Å². The fourth-order valence-electron chi connectivity index (χ4n) is 2.13. The van der Waals surface area contributed by atoms with Crippen molar-refractivity contribution in [2.45, 2.75) is 19.3 Å². The summed E-state index contributed by atoms with van der Waals surface area (Å²) < 4.78 is 6.87. The monoisotopic (exact) mass is 396 g/mol. The number of aryl methyl sites for hydroxylation is 1. The molecule has 0 spiro atoms. The van der Waals surface area contributed by atoms with E-state index >= 15 is 0 Å².